The Labute approximate surface area is 165 Å². The summed E-state index contributed by atoms with van der Waals surface area (Å²) < 4.78 is 30.2. The van der Waals surface area contributed by atoms with E-state index in [9.17, 15) is 13.2 Å². The van der Waals surface area contributed by atoms with Gasteiger partial charge in [-0.25, -0.2) is 8.42 Å². The van der Waals surface area contributed by atoms with E-state index in [4.69, 9.17) is 16.0 Å². The molecule has 0 radical (unpaired) electrons. The number of hydrogen-bond donors (Lipinski definition) is 0. The van der Waals surface area contributed by atoms with Gasteiger partial charge in [-0.2, -0.15) is 0 Å². The lowest BCUT2D eigenvalue weighted by atomic mass is 10.1. The van der Waals surface area contributed by atoms with E-state index in [0.29, 0.717) is 44.5 Å². The molecule has 146 valence electrons. The van der Waals surface area contributed by atoms with Gasteiger partial charge in [0.05, 0.1) is 11.5 Å². The van der Waals surface area contributed by atoms with Crippen LogP contribution in [0.1, 0.15) is 36.1 Å². The maximum Gasteiger partial charge on any atom is 0.222 e. The first-order valence-electron chi connectivity index (χ1n) is 9.12. The average Bonchev–Trinajstić information content (AvgIpc) is 3.15. The smallest absolute Gasteiger partial charge is 0.222 e. The largest absolute Gasteiger partial charge is 0.468 e. The van der Waals surface area contributed by atoms with Crippen LogP contribution in [0.25, 0.3) is 0 Å². The molecule has 0 aliphatic carbocycles. The molecule has 0 spiro atoms. The first-order chi connectivity index (χ1) is 12.8. The molecule has 1 amide bonds. The van der Waals surface area contributed by atoms with Crippen molar-refractivity contribution in [2.45, 2.75) is 43.6 Å². The van der Waals surface area contributed by atoms with Crippen LogP contribution in [0.2, 0.25) is 5.02 Å². The molecule has 2 aromatic rings. The van der Waals surface area contributed by atoms with Gasteiger partial charge in [0.25, 0.3) is 0 Å². The number of furan rings is 1. The van der Waals surface area contributed by atoms with E-state index in [2.05, 4.69) is 0 Å². The number of nitrogens with zero attached hydrogens (tertiary/aromatic N) is 1. The van der Waals surface area contributed by atoms with E-state index in [1.165, 1.54) is 6.26 Å². The highest BCUT2D eigenvalue weighted by atomic mass is 35.5. The molecule has 0 unspecified atom stereocenters. The van der Waals surface area contributed by atoms with Crippen LogP contribution in [0.15, 0.2) is 41.0 Å². The molecule has 0 N–H and O–H groups in total. The number of sulfone groups is 1. The lowest BCUT2D eigenvalue weighted by Crippen LogP contribution is -2.42. The van der Waals surface area contributed by atoms with E-state index < -0.39 is 15.1 Å². The molecule has 0 saturated carbocycles. The molecule has 1 aromatic heterocycles. The minimum Gasteiger partial charge on any atom is -0.468 e. The van der Waals surface area contributed by atoms with Crippen LogP contribution in [0.4, 0.5) is 0 Å². The summed E-state index contributed by atoms with van der Waals surface area (Å²) in [4.78, 5) is 14.3. The third-order valence-corrected chi connectivity index (χ3v) is 7.67. The molecule has 1 aliphatic rings. The van der Waals surface area contributed by atoms with Crippen LogP contribution in [-0.2, 0) is 26.8 Å². The number of benzene rings is 1. The van der Waals surface area contributed by atoms with Gasteiger partial charge in [-0.3, -0.25) is 4.79 Å². The molecule has 27 heavy (non-hydrogen) atoms. The summed E-state index contributed by atoms with van der Waals surface area (Å²) in [5.41, 5.74) is 2.09. The topological polar surface area (TPSA) is 67.6 Å². The number of hydrogen-bond acceptors (Lipinski definition) is 4. The van der Waals surface area contributed by atoms with Gasteiger partial charge in [0.2, 0.25) is 5.91 Å². The minimum atomic E-state index is -3.26. The van der Waals surface area contributed by atoms with E-state index in [0.717, 1.165) is 16.1 Å². The fourth-order valence-electron chi connectivity index (χ4n) is 3.45. The molecular weight excluding hydrogens is 386 g/mol. The van der Waals surface area contributed by atoms with E-state index in [1.807, 2.05) is 25.1 Å². The first-order valence-corrected chi connectivity index (χ1v) is 11.2. The van der Waals surface area contributed by atoms with Gasteiger partial charge in [0.1, 0.15) is 11.5 Å². The fraction of sp³-hybridized carbons (Fsp3) is 0.450. The molecule has 7 heteroatoms. The monoisotopic (exact) mass is 409 g/mol. The first kappa shape index (κ1) is 20.0. The molecule has 1 aromatic carbocycles. The predicted octanol–water partition coefficient (Wildman–Crippen LogP) is 3.78. The van der Waals surface area contributed by atoms with Gasteiger partial charge >= 0.3 is 0 Å². The molecule has 0 bridgehead atoms. The highest BCUT2D eigenvalue weighted by Gasteiger charge is 2.32. The van der Waals surface area contributed by atoms with E-state index >= 15 is 0 Å². The lowest BCUT2D eigenvalue weighted by molar-refractivity contribution is -0.132. The molecule has 0 atom stereocenters. The second-order valence-corrected chi connectivity index (χ2v) is 9.74. The zero-order valence-electron chi connectivity index (χ0n) is 15.4. The van der Waals surface area contributed by atoms with Crippen molar-refractivity contribution in [1.29, 1.82) is 0 Å². The SMILES string of the molecule is Cc1cc(CCC(=O)N2CCC(S(=O)(=O)Cc3ccco3)CC2)ccc1Cl. The Morgan fingerprint density at radius 2 is 2.00 bits per heavy atom. The summed E-state index contributed by atoms with van der Waals surface area (Å²) >= 11 is 6.03. The van der Waals surface area contributed by atoms with Crippen molar-refractivity contribution < 1.29 is 17.6 Å². The van der Waals surface area contributed by atoms with Crippen molar-refractivity contribution in [2.24, 2.45) is 0 Å². The van der Waals surface area contributed by atoms with E-state index in [1.54, 1.807) is 17.0 Å². The van der Waals surface area contributed by atoms with Crippen molar-refractivity contribution in [3.8, 4) is 0 Å². The Morgan fingerprint density at radius 3 is 2.63 bits per heavy atom. The molecule has 1 aliphatic heterocycles. The maximum absolute atomic E-state index is 12.5. The van der Waals surface area contributed by atoms with Crippen molar-refractivity contribution in [2.75, 3.05) is 13.1 Å². The highest BCUT2D eigenvalue weighted by Crippen LogP contribution is 2.23. The van der Waals surface area contributed by atoms with Crippen LogP contribution < -0.4 is 0 Å². The second-order valence-electron chi connectivity index (χ2n) is 7.05. The summed E-state index contributed by atoms with van der Waals surface area (Å²) in [6.45, 7) is 2.92. The number of carbonyl (C=O) groups excluding carboxylic acids is 1. The van der Waals surface area contributed by atoms with Crippen LogP contribution in [0.5, 0.6) is 0 Å². The number of aryl methyl sites for hydroxylation is 2. The third-order valence-electron chi connectivity index (χ3n) is 5.08. The third kappa shape index (κ3) is 5.14. The number of carbonyl (C=O) groups is 1. The molecule has 1 saturated heterocycles. The van der Waals surface area contributed by atoms with Crippen LogP contribution in [-0.4, -0.2) is 37.6 Å². The number of likely N-dealkylation sites (tertiary alicyclic amines) is 1. The summed E-state index contributed by atoms with van der Waals surface area (Å²) in [5.74, 6) is 0.463. The van der Waals surface area contributed by atoms with Gasteiger partial charge in [-0.15, -0.1) is 0 Å². The number of piperidine rings is 1. The zero-order valence-corrected chi connectivity index (χ0v) is 16.9. The van der Waals surface area contributed by atoms with Gasteiger partial charge in [-0.05, 0) is 55.5 Å². The molecule has 2 heterocycles. The summed E-state index contributed by atoms with van der Waals surface area (Å²) in [7, 11) is -3.26. The number of amides is 1. The van der Waals surface area contributed by atoms with E-state index in [-0.39, 0.29) is 11.7 Å². The van der Waals surface area contributed by atoms with Crippen molar-refractivity contribution in [1.82, 2.24) is 4.90 Å². The Hall–Kier alpha value is -1.79. The van der Waals surface area contributed by atoms with Crippen LogP contribution in [0.3, 0.4) is 0 Å². The van der Waals surface area contributed by atoms with Crippen LogP contribution in [0, 0.1) is 6.92 Å². The van der Waals surface area contributed by atoms with Crippen molar-refractivity contribution in [3.63, 3.8) is 0 Å². The lowest BCUT2D eigenvalue weighted by Gasteiger charge is -2.31. The summed E-state index contributed by atoms with van der Waals surface area (Å²) in [6, 6.07) is 9.16. The molecular formula is C20H24ClNO4S. The molecule has 5 nitrogen and oxygen atoms in total. The Morgan fingerprint density at radius 1 is 1.26 bits per heavy atom. The quantitative estimate of drug-likeness (QED) is 0.728. The van der Waals surface area contributed by atoms with Gasteiger partial charge < -0.3 is 9.32 Å². The highest BCUT2D eigenvalue weighted by molar-refractivity contribution is 7.91. The maximum atomic E-state index is 12.5. The standard InChI is InChI=1S/C20H24ClNO4S/c1-15-13-16(4-6-19(15)21)5-7-20(23)22-10-8-18(9-11-22)27(24,25)14-17-3-2-12-26-17/h2-4,6,12-13,18H,5,7-11,14H2,1H3. The van der Waals surface area contributed by atoms with Crippen molar-refractivity contribution in [3.05, 3.63) is 58.5 Å². The molecule has 3 rings (SSSR count). The van der Waals surface area contributed by atoms with Crippen LogP contribution >= 0.6 is 11.6 Å². The summed E-state index contributed by atoms with van der Waals surface area (Å²) in [5, 5.41) is 0.313. The number of rotatable bonds is 6. The zero-order chi connectivity index (χ0) is 19.4. The second kappa shape index (κ2) is 8.48. The van der Waals surface area contributed by atoms with Gasteiger partial charge in [-0.1, -0.05) is 23.7 Å². The average molecular weight is 410 g/mol. The predicted molar refractivity (Wildman–Crippen MR) is 105 cm³/mol. The molecule has 1 fully saturated rings. The van der Waals surface area contributed by atoms with Gasteiger partial charge in [0.15, 0.2) is 9.84 Å². The van der Waals surface area contributed by atoms with Gasteiger partial charge in [0, 0.05) is 24.5 Å². The number of halogens is 1. The summed E-state index contributed by atoms with van der Waals surface area (Å²) in [6.07, 6.45) is 3.52. The minimum absolute atomic E-state index is 0.0736. The Balaban J connectivity index is 1.49. The fourth-order valence-corrected chi connectivity index (χ4v) is 5.29. The normalized spacial score (nSPS) is 15.9. The van der Waals surface area contributed by atoms with Crippen molar-refractivity contribution >= 4 is 27.3 Å². The Kier molecular flexibility index (Phi) is 6.27. The Bertz CT molecular complexity index is 885.